The Hall–Kier alpha value is -3.53. The van der Waals surface area contributed by atoms with Crippen molar-refractivity contribution in [3.05, 3.63) is 113 Å². The number of rotatable bonds is 6. The van der Waals surface area contributed by atoms with Gasteiger partial charge in [0.25, 0.3) is 0 Å². The number of aryl methyl sites for hydroxylation is 2. The van der Waals surface area contributed by atoms with Crippen molar-refractivity contribution < 1.29 is 13.5 Å². The van der Waals surface area contributed by atoms with Gasteiger partial charge in [-0.15, -0.1) is 12.4 Å². The number of hydrogen-bond acceptors (Lipinski definition) is 3. The summed E-state index contributed by atoms with van der Waals surface area (Å²) in [7, 11) is 1.83. The Kier molecular flexibility index (Phi) is 7.59. The Morgan fingerprint density at radius 1 is 1.03 bits per heavy atom. The predicted molar refractivity (Wildman–Crippen MR) is 125 cm³/mol. The Balaban J connectivity index is 0.00000306. The maximum atomic E-state index is 14.2. The smallest absolute Gasteiger partial charge is 0.131 e. The normalized spacial score (nSPS) is 11.5. The molecule has 0 aliphatic carbocycles. The van der Waals surface area contributed by atoms with Crippen LogP contribution in [-0.4, -0.2) is 9.55 Å². The summed E-state index contributed by atoms with van der Waals surface area (Å²) in [5.41, 5.74) is 4.63. The van der Waals surface area contributed by atoms with Crippen LogP contribution in [0.2, 0.25) is 0 Å². The van der Waals surface area contributed by atoms with Crippen molar-refractivity contribution in [1.82, 2.24) is 9.55 Å². The van der Waals surface area contributed by atoms with Crippen LogP contribution in [-0.2, 0) is 18.4 Å². The summed E-state index contributed by atoms with van der Waals surface area (Å²) in [6, 6.07) is 19.2. The molecule has 1 unspecified atom stereocenters. The zero-order valence-corrected chi connectivity index (χ0v) is 18.9. The molecular weight excluding hydrogens is 444 g/mol. The van der Waals surface area contributed by atoms with Crippen LogP contribution in [0.5, 0.6) is 0 Å². The molecule has 1 heterocycles. The number of hydrogen-bond donors (Lipinski definition) is 0. The molecule has 0 saturated carbocycles. The molecule has 0 aliphatic rings. The second-order valence-corrected chi connectivity index (χ2v) is 7.55. The van der Waals surface area contributed by atoms with Crippen LogP contribution >= 0.6 is 12.4 Å². The molecule has 0 spiro atoms. The first kappa shape index (κ1) is 24.1. The molecule has 3 aromatic carbocycles. The molecule has 0 amide bonds. The largest absolute Gasteiger partial charge is 0.362 e. The molecule has 0 bridgehead atoms. The lowest BCUT2D eigenvalue weighted by atomic mass is 9.93. The van der Waals surface area contributed by atoms with E-state index in [0.717, 1.165) is 27.9 Å². The molecular formula is C26H22ClF2N3O. The highest BCUT2D eigenvalue weighted by molar-refractivity contribution is 5.85. The highest BCUT2D eigenvalue weighted by atomic mass is 35.5. The molecule has 0 saturated heterocycles. The molecule has 168 valence electrons. The number of ether oxygens (including phenoxy) is 1. The molecule has 0 fully saturated rings. The zero-order chi connectivity index (χ0) is 22.7. The van der Waals surface area contributed by atoms with Gasteiger partial charge in [-0.25, -0.2) is 13.8 Å². The number of halogens is 3. The van der Waals surface area contributed by atoms with Gasteiger partial charge in [-0.05, 0) is 47.9 Å². The van der Waals surface area contributed by atoms with Gasteiger partial charge in [0.1, 0.15) is 17.7 Å². The lowest BCUT2D eigenvalue weighted by molar-refractivity contribution is 0.0585. The lowest BCUT2D eigenvalue weighted by Crippen LogP contribution is -2.12. The molecule has 4 rings (SSSR count). The Bertz CT molecular complexity index is 1290. The SMILES string of the molecule is Cc1ccccc1-c1cc(C(OCc2c(F)cccc2F)c2cncn2C)ccc1C#N.Cl. The summed E-state index contributed by atoms with van der Waals surface area (Å²) < 4.78 is 36.2. The summed E-state index contributed by atoms with van der Waals surface area (Å²) >= 11 is 0. The fourth-order valence-corrected chi connectivity index (χ4v) is 3.73. The third-order valence-electron chi connectivity index (χ3n) is 5.48. The minimum Gasteiger partial charge on any atom is -0.362 e. The van der Waals surface area contributed by atoms with Crippen LogP contribution in [0, 0.1) is 29.9 Å². The fourth-order valence-electron chi connectivity index (χ4n) is 3.73. The number of aromatic nitrogens is 2. The molecule has 1 atom stereocenters. The van der Waals surface area contributed by atoms with Gasteiger partial charge in [0, 0.05) is 18.2 Å². The van der Waals surface area contributed by atoms with Crippen LogP contribution in [0.3, 0.4) is 0 Å². The fraction of sp³-hybridized carbons (Fsp3) is 0.154. The summed E-state index contributed by atoms with van der Waals surface area (Å²) in [5.74, 6) is -1.32. The van der Waals surface area contributed by atoms with E-state index in [9.17, 15) is 14.0 Å². The van der Waals surface area contributed by atoms with E-state index < -0.39 is 17.7 Å². The van der Waals surface area contributed by atoms with E-state index in [1.807, 2.05) is 44.3 Å². The first-order valence-corrected chi connectivity index (χ1v) is 10.1. The van der Waals surface area contributed by atoms with Crippen molar-refractivity contribution in [2.24, 2.45) is 7.05 Å². The lowest BCUT2D eigenvalue weighted by Gasteiger charge is -2.21. The van der Waals surface area contributed by atoms with Crippen LogP contribution in [0.4, 0.5) is 8.78 Å². The molecule has 0 N–H and O–H groups in total. The average molecular weight is 466 g/mol. The molecule has 0 aliphatic heterocycles. The summed E-state index contributed by atoms with van der Waals surface area (Å²) in [6.07, 6.45) is 2.66. The van der Waals surface area contributed by atoms with Crippen molar-refractivity contribution in [3.8, 4) is 17.2 Å². The zero-order valence-electron chi connectivity index (χ0n) is 18.1. The molecule has 7 heteroatoms. The van der Waals surface area contributed by atoms with E-state index in [2.05, 4.69) is 11.1 Å². The van der Waals surface area contributed by atoms with Gasteiger partial charge < -0.3 is 9.30 Å². The van der Waals surface area contributed by atoms with Crippen LogP contribution < -0.4 is 0 Å². The van der Waals surface area contributed by atoms with Crippen LogP contribution in [0.25, 0.3) is 11.1 Å². The van der Waals surface area contributed by atoms with Gasteiger partial charge in [0.05, 0.1) is 36.5 Å². The number of nitrogens with zero attached hydrogens (tertiary/aromatic N) is 3. The van der Waals surface area contributed by atoms with Crippen LogP contribution in [0.1, 0.15) is 34.1 Å². The minimum absolute atomic E-state index is 0. The Morgan fingerprint density at radius 2 is 1.76 bits per heavy atom. The third-order valence-corrected chi connectivity index (χ3v) is 5.48. The van der Waals surface area contributed by atoms with Crippen molar-refractivity contribution in [1.29, 1.82) is 5.26 Å². The predicted octanol–water partition coefficient (Wildman–Crippen LogP) is 6.27. The minimum atomic E-state index is -0.658. The highest BCUT2D eigenvalue weighted by Crippen LogP contribution is 2.33. The van der Waals surface area contributed by atoms with Crippen molar-refractivity contribution >= 4 is 12.4 Å². The first-order valence-electron chi connectivity index (χ1n) is 10.1. The topological polar surface area (TPSA) is 50.8 Å². The van der Waals surface area contributed by atoms with Crippen molar-refractivity contribution in [2.45, 2.75) is 19.6 Å². The molecule has 4 nitrogen and oxygen atoms in total. The first-order chi connectivity index (χ1) is 15.5. The van der Waals surface area contributed by atoms with E-state index in [1.165, 1.54) is 18.2 Å². The maximum Gasteiger partial charge on any atom is 0.131 e. The van der Waals surface area contributed by atoms with E-state index in [0.29, 0.717) is 5.56 Å². The van der Waals surface area contributed by atoms with Gasteiger partial charge in [0.15, 0.2) is 0 Å². The van der Waals surface area contributed by atoms with Gasteiger partial charge in [-0.2, -0.15) is 5.26 Å². The van der Waals surface area contributed by atoms with E-state index >= 15 is 0 Å². The summed E-state index contributed by atoms with van der Waals surface area (Å²) in [6.45, 7) is 1.73. The molecule has 33 heavy (non-hydrogen) atoms. The van der Waals surface area contributed by atoms with E-state index in [1.54, 1.807) is 29.2 Å². The second kappa shape index (κ2) is 10.4. The molecule has 1 aromatic heterocycles. The van der Waals surface area contributed by atoms with Gasteiger partial charge in [0.2, 0.25) is 0 Å². The van der Waals surface area contributed by atoms with Gasteiger partial charge in [-0.3, -0.25) is 0 Å². The third kappa shape index (κ3) is 4.95. The maximum absolute atomic E-state index is 14.2. The van der Waals surface area contributed by atoms with Crippen molar-refractivity contribution in [3.63, 3.8) is 0 Å². The standard InChI is InChI=1S/C26H21F2N3O.ClH/c1-17-6-3-4-7-20(17)21-12-18(10-11-19(21)13-29)26(25-14-30-16-31(25)2)32-15-22-23(27)8-5-9-24(22)28;/h3-12,14,16,26H,15H2,1-2H3;1H. The van der Waals surface area contributed by atoms with Crippen LogP contribution in [0.15, 0.2) is 73.2 Å². The van der Waals surface area contributed by atoms with Gasteiger partial charge in [-0.1, -0.05) is 36.4 Å². The Morgan fingerprint density at radius 3 is 2.39 bits per heavy atom. The number of nitriles is 1. The quantitative estimate of drug-likeness (QED) is 0.337. The second-order valence-electron chi connectivity index (χ2n) is 7.55. The number of imidazole rings is 1. The summed E-state index contributed by atoms with van der Waals surface area (Å²) in [4.78, 5) is 4.17. The average Bonchev–Trinajstić information content (AvgIpc) is 3.21. The summed E-state index contributed by atoms with van der Waals surface area (Å²) in [5, 5.41) is 9.66. The van der Waals surface area contributed by atoms with E-state index in [-0.39, 0.29) is 24.6 Å². The van der Waals surface area contributed by atoms with Crippen molar-refractivity contribution in [2.75, 3.05) is 0 Å². The van der Waals surface area contributed by atoms with E-state index in [4.69, 9.17) is 4.74 Å². The highest BCUT2D eigenvalue weighted by Gasteiger charge is 2.22. The molecule has 0 radical (unpaired) electrons. The monoisotopic (exact) mass is 465 g/mol. The number of benzene rings is 3. The Labute approximate surface area is 197 Å². The molecule has 4 aromatic rings. The van der Waals surface area contributed by atoms with Gasteiger partial charge >= 0.3 is 0 Å².